The molecule has 7 rings (SSSR count). The molecule has 5 heteroatoms. The van der Waals surface area contributed by atoms with E-state index in [1.54, 1.807) is 20.4 Å². The van der Waals surface area contributed by atoms with Crippen molar-refractivity contribution in [2.75, 3.05) is 0 Å². The van der Waals surface area contributed by atoms with Crippen LogP contribution in [0.25, 0.3) is 40.9 Å². The molecule has 0 atom stereocenters. The van der Waals surface area contributed by atoms with Gasteiger partial charge in [0.05, 0.1) is 40.9 Å². The van der Waals surface area contributed by atoms with Crippen molar-refractivity contribution in [3.63, 3.8) is 0 Å². The zero-order valence-electron chi connectivity index (χ0n) is 18.1. The van der Waals surface area contributed by atoms with Crippen LogP contribution in [0.5, 0.6) is 0 Å². The Morgan fingerprint density at radius 2 is 1.06 bits per heavy atom. The maximum absolute atomic E-state index is 2.75. The predicted octanol–water partition coefficient (Wildman–Crippen LogP) is 9.25. The van der Waals surface area contributed by atoms with Crippen molar-refractivity contribution in [1.82, 2.24) is 9.13 Å². The van der Waals surface area contributed by atoms with Gasteiger partial charge in [0.25, 0.3) is 0 Å². The number of fused-ring (bicyclic) bond motifs is 7. The highest BCUT2D eigenvalue weighted by Crippen LogP contribution is 2.48. The molecule has 2 fully saturated rings. The Balaban J connectivity index is 1.46. The first kappa shape index (κ1) is 19.2. The van der Waals surface area contributed by atoms with Crippen LogP contribution in [0.2, 0.25) is 0 Å². The maximum Gasteiger partial charge on any atom is 0.0858 e. The van der Waals surface area contributed by atoms with Crippen molar-refractivity contribution >= 4 is 74.9 Å². The van der Waals surface area contributed by atoms with Gasteiger partial charge in [-0.25, -0.2) is 0 Å². The Morgan fingerprint density at radius 3 is 1.52 bits per heavy atom. The lowest BCUT2D eigenvalue weighted by Crippen LogP contribution is -2.15. The molecular weight excluding hydrogens is 437 g/mol. The van der Waals surface area contributed by atoms with Gasteiger partial charge in [0.15, 0.2) is 0 Å². The van der Waals surface area contributed by atoms with Crippen LogP contribution < -0.4 is 0 Å². The number of hydrogen-bond acceptors (Lipinski definition) is 3. The predicted molar refractivity (Wildman–Crippen MR) is 139 cm³/mol. The third-order valence-corrected chi connectivity index (χ3v) is 11.3. The molecule has 0 unspecified atom stereocenters. The van der Waals surface area contributed by atoms with Crippen LogP contribution in [0, 0.1) is 11.8 Å². The molecule has 5 aromatic heterocycles. The minimum absolute atomic E-state index is 0.852. The standard InChI is InChI=1S/C26H30N2S3/c1-3-7-17(8-4-1)15-27-19-11-13-29-23(19)25-21(27)22-26(31-25)24-20(12-14-30-24)28(22)16-18-9-5-2-6-10-18/h11-14,17-18H,1-10,15-16H2. The van der Waals surface area contributed by atoms with Gasteiger partial charge in [0.2, 0.25) is 0 Å². The van der Waals surface area contributed by atoms with Crippen LogP contribution in [-0.2, 0) is 13.1 Å². The summed E-state index contributed by atoms with van der Waals surface area (Å²) in [6.07, 6.45) is 14.2. The first-order valence-corrected chi connectivity index (χ1v) is 14.8. The van der Waals surface area contributed by atoms with Crippen molar-refractivity contribution < 1.29 is 0 Å². The van der Waals surface area contributed by atoms with E-state index in [1.807, 2.05) is 22.7 Å². The summed E-state index contributed by atoms with van der Waals surface area (Å²) < 4.78 is 11.7. The molecular formula is C26H30N2S3. The van der Waals surface area contributed by atoms with Gasteiger partial charge in [0, 0.05) is 13.1 Å². The summed E-state index contributed by atoms with van der Waals surface area (Å²) in [5.74, 6) is 1.70. The first-order valence-electron chi connectivity index (χ1n) is 12.3. The molecule has 5 heterocycles. The van der Waals surface area contributed by atoms with Crippen molar-refractivity contribution in [3.05, 3.63) is 22.9 Å². The molecule has 5 aromatic rings. The average Bonchev–Trinajstić information content (AvgIpc) is 3.59. The van der Waals surface area contributed by atoms with Crippen LogP contribution in [0.4, 0.5) is 0 Å². The van der Waals surface area contributed by atoms with Gasteiger partial charge in [-0.2, -0.15) is 0 Å². The fraction of sp³-hybridized carbons (Fsp3) is 0.538. The highest BCUT2D eigenvalue weighted by Gasteiger charge is 2.26. The number of rotatable bonds is 4. The van der Waals surface area contributed by atoms with Crippen LogP contribution in [0.15, 0.2) is 22.9 Å². The highest BCUT2D eigenvalue weighted by molar-refractivity contribution is 7.33. The van der Waals surface area contributed by atoms with E-state index in [4.69, 9.17) is 0 Å². The zero-order valence-corrected chi connectivity index (χ0v) is 20.5. The third kappa shape index (κ3) is 2.99. The average molecular weight is 467 g/mol. The Bertz CT molecular complexity index is 1260. The second-order valence-electron chi connectivity index (χ2n) is 9.96. The monoisotopic (exact) mass is 466 g/mol. The molecule has 2 aliphatic carbocycles. The van der Waals surface area contributed by atoms with E-state index in [1.165, 1.54) is 97.7 Å². The van der Waals surface area contributed by atoms with E-state index in [-0.39, 0.29) is 0 Å². The number of thiophene rings is 3. The summed E-state index contributed by atoms with van der Waals surface area (Å²) in [6.45, 7) is 2.43. The lowest BCUT2D eigenvalue weighted by atomic mass is 9.89. The quantitative estimate of drug-likeness (QED) is 0.250. The van der Waals surface area contributed by atoms with Crippen LogP contribution in [-0.4, -0.2) is 9.13 Å². The first-order chi connectivity index (χ1) is 15.4. The Kier molecular flexibility index (Phi) is 4.73. The van der Waals surface area contributed by atoms with Gasteiger partial charge >= 0.3 is 0 Å². The normalized spacial score (nSPS) is 19.6. The summed E-state index contributed by atoms with van der Waals surface area (Å²) in [6, 6.07) is 4.77. The highest BCUT2D eigenvalue weighted by atomic mass is 32.1. The third-order valence-electron chi connectivity index (χ3n) is 8.01. The number of aromatic nitrogens is 2. The molecule has 0 radical (unpaired) electrons. The van der Waals surface area contributed by atoms with Crippen LogP contribution in [0.3, 0.4) is 0 Å². The molecule has 2 nitrogen and oxygen atoms in total. The minimum atomic E-state index is 0.852. The van der Waals surface area contributed by atoms with Gasteiger partial charge in [-0.15, -0.1) is 34.0 Å². The summed E-state index contributed by atoms with van der Waals surface area (Å²) in [7, 11) is 0. The van der Waals surface area contributed by atoms with E-state index in [9.17, 15) is 0 Å². The van der Waals surface area contributed by atoms with E-state index in [0.29, 0.717) is 0 Å². The molecule has 0 bridgehead atoms. The van der Waals surface area contributed by atoms with Gasteiger partial charge in [0.1, 0.15) is 0 Å². The van der Waals surface area contributed by atoms with E-state index in [0.717, 1.165) is 11.8 Å². The summed E-state index contributed by atoms with van der Waals surface area (Å²) in [5, 5.41) is 4.62. The molecule has 0 spiro atoms. The van der Waals surface area contributed by atoms with Crippen molar-refractivity contribution in [3.8, 4) is 0 Å². The SMILES string of the molecule is c1cc2c(s1)c1sc3c4sccc4n(CC4CCCCC4)c3c1n2CC1CCCCC1. The summed E-state index contributed by atoms with van der Waals surface area (Å²) in [4.78, 5) is 0. The lowest BCUT2D eigenvalue weighted by molar-refractivity contribution is 0.323. The molecule has 2 saturated carbocycles. The van der Waals surface area contributed by atoms with E-state index in [2.05, 4.69) is 43.4 Å². The van der Waals surface area contributed by atoms with Crippen LogP contribution >= 0.6 is 34.0 Å². The summed E-state index contributed by atoms with van der Waals surface area (Å²) >= 11 is 5.98. The Hall–Kier alpha value is -1.30. The van der Waals surface area contributed by atoms with Gasteiger partial charge in [-0.3, -0.25) is 0 Å². The molecule has 0 aromatic carbocycles. The Morgan fingerprint density at radius 1 is 0.613 bits per heavy atom. The maximum atomic E-state index is 2.75. The molecule has 2 aliphatic rings. The molecule has 0 amide bonds. The molecule has 0 aliphatic heterocycles. The number of nitrogens with zero attached hydrogens (tertiary/aromatic N) is 2. The van der Waals surface area contributed by atoms with Gasteiger partial charge < -0.3 is 9.13 Å². The second kappa shape index (κ2) is 7.64. The number of hydrogen-bond donors (Lipinski definition) is 0. The molecule has 0 saturated heterocycles. The van der Waals surface area contributed by atoms with Crippen LogP contribution in [0.1, 0.15) is 64.2 Å². The Labute approximate surface area is 195 Å². The smallest absolute Gasteiger partial charge is 0.0858 e. The van der Waals surface area contributed by atoms with Crippen molar-refractivity contribution in [2.45, 2.75) is 77.3 Å². The lowest BCUT2D eigenvalue weighted by Gasteiger charge is -2.24. The molecule has 162 valence electrons. The van der Waals surface area contributed by atoms with E-state index < -0.39 is 0 Å². The van der Waals surface area contributed by atoms with Crippen molar-refractivity contribution in [2.24, 2.45) is 11.8 Å². The van der Waals surface area contributed by atoms with Crippen molar-refractivity contribution in [1.29, 1.82) is 0 Å². The molecule has 0 N–H and O–H groups in total. The second-order valence-corrected chi connectivity index (χ2v) is 12.8. The molecule has 31 heavy (non-hydrogen) atoms. The fourth-order valence-electron chi connectivity index (χ4n) is 6.47. The van der Waals surface area contributed by atoms with Gasteiger partial charge in [-0.1, -0.05) is 38.5 Å². The van der Waals surface area contributed by atoms with E-state index >= 15 is 0 Å². The fourth-order valence-corrected chi connectivity index (χ4v) is 9.88. The topological polar surface area (TPSA) is 9.86 Å². The summed E-state index contributed by atoms with van der Waals surface area (Å²) in [5.41, 5.74) is 6.11. The largest absolute Gasteiger partial charge is 0.337 e. The zero-order chi connectivity index (χ0) is 20.4. The minimum Gasteiger partial charge on any atom is -0.337 e. The van der Waals surface area contributed by atoms with Gasteiger partial charge in [-0.05, 0) is 60.4 Å².